The van der Waals surface area contributed by atoms with Crippen LogP contribution in [-0.4, -0.2) is 43.6 Å². The van der Waals surface area contributed by atoms with Crippen LogP contribution in [0.3, 0.4) is 0 Å². The van der Waals surface area contributed by atoms with Crippen molar-refractivity contribution in [2.75, 3.05) is 0 Å². The van der Waals surface area contributed by atoms with Crippen molar-refractivity contribution in [1.82, 2.24) is 43.6 Å². The maximum absolute atomic E-state index is 5.77. The fraction of sp³-hybridized carbons (Fsp3) is 0.0208. The molecule has 0 atom stereocenters. The number of thiophene rings is 1. The molecule has 14 aromatic carbocycles. The molecular formula is C96H59N9S. The van der Waals surface area contributed by atoms with E-state index in [-0.39, 0.29) is 0 Å². The molecule has 0 unspecified atom stereocenters. The molecule has 0 bridgehead atoms. The molecule has 494 valence electrons. The van der Waals surface area contributed by atoms with Crippen LogP contribution in [0.5, 0.6) is 0 Å². The molecule has 6 aromatic heterocycles. The first kappa shape index (κ1) is 59.8. The van der Waals surface area contributed by atoms with E-state index in [4.69, 9.17) is 29.9 Å². The summed E-state index contributed by atoms with van der Waals surface area (Å²) in [6, 6.07) is 129. The Morgan fingerprint density at radius 2 is 0.632 bits per heavy atom. The van der Waals surface area contributed by atoms with Gasteiger partial charge in [-0.3, -0.25) is 13.7 Å². The van der Waals surface area contributed by atoms with Gasteiger partial charge >= 0.3 is 0 Å². The molecule has 0 spiro atoms. The minimum atomic E-state index is -0.948. The van der Waals surface area contributed by atoms with Crippen molar-refractivity contribution < 1.29 is 0 Å². The van der Waals surface area contributed by atoms with E-state index in [1.165, 1.54) is 22.3 Å². The largest absolute Gasteiger partial charge is 0.280 e. The van der Waals surface area contributed by atoms with E-state index in [0.717, 1.165) is 136 Å². The second-order valence-electron chi connectivity index (χ2n) is 27.5. The average molecular weight is 1370 g/mol. The standard InChI is InChI=1S/C96H59N9S/c1-7-31-60(32-8-1)89-97-91(101-92(98-89)104-80-55-27-22-46-72(80)83-71-45-19-24-52-77(71)95(87(83)104,63-35-11-3-12-36-63)64-37-13-4-14-38-64)75-51-30-49-70-76-59-62(57-58-82(76)106-86(70)75)67-48-29-50-74-84-73-47-23-28-56-81(73)105(88(84)96(85(67)74,65-39-15-5-16-40-65)66-41-17-6-18-42-66)94-100-90(61-33-9-2-10-34-61)99-93(102-94)103-78-53-25-20-43-68(78)69-44-21-26-54-79(69)103/h1-59H. The zero-order chi connectivity index (χ0) is 69.6. The molecule has 20 aromatic rings. The summed E-state index contributed by atoms with van der Waals surface area (Å²) in [5.41, 5.74) is 21.0. The van der Waals surface area contributed by atoms with E-state index in [2.05, 4.69) is 359 Å². The van der Waals surface area contributed by atoms with Gasteiger partial charge in [0.15, 0.2) is 17.5 Å². The van der Waals surface area contributed by atoms with Crippen LogP contribution in [0, 0.1) is 0 Å². The number of rotatable bonds is 11. The SMILES string of the molecule is c1ccc(-c2nc(-c3cccc4c3sc3ccc(-c5cccc6c5C(c5ccccc5)(c5ccccc5)c5c-6c6ccccc6n5-c5nc(-c6ccccc6)nc(-n6c7ccccc7c7ccccc76)n5)cc34)nc(-n3c4c(c5ccccc53)-c3ccccc3C4(c3ccccc3)c3ccccc3)n2)cc1. The van der Waals surface area contributed by atoms with E-state index in [1.54, 1.807) is 11.3 Å². The number of para-hydroxylation sites is 4. The van der Waals surface area contributed by atoms with Crippen molar-refractivity contribution in [3.63, 3.8) is 0 Å². The number of benzene rings is 14. The maximum atomic E-state index is 5.77. The third-order valence-corrected chi connectivity index (χ3v) is 23.3. The number of nitrogens with zero attached hydrogens (tertiary/aromatic N) is 9. The Labute approximate surface area is 613 Å². The summed E-state index contributed by atoms with van der Waals surface area (Å²) in [4.78, 5) is 33.7. The first-order chi connectivity index (χ1) is 52.6. The molecule has 0 aliphatic heterocycles. The summed E-state index contributed by atoms with van der Waals surface area (Å²) < 4.78 is 9.16. The number of fused-ring (bicyclic) bond motifs is 16. The van der Waals surface area contributed by atoms with Gasteiger partial charge in [-0.1, -0.05) is 315 Å². The molecular weight excluding hydrogens is 1310 g/mol. The summed E-state index contributed by atoms with van der Waals surface area (Å²) >= 11 is 1.78. The van der Waals surface area contributed by atoms with E-state index in [1.807, 2.05) is 12.1 Å². The highest BCUT2D eigenvalue weighted by atomic mass is 32.1. The van der Waals surface area contributed by atoms with Crippen molar-refractivity contribution in [2.24, 2.45) is 0 Å². The Hall–Kier alpha value is -13.8. The second kappa shape index (κ2) is 23.4. The van der Waals surface area contributed by atoms with E-state index >= 15 is 0 Å². The number of hydrogen-bond donors (Lipinski definition) is 0. The quantitative estimate of drug-likeness (QED) is 0.128. The molecule has 6 heterocycles. The van der Waals surface area contributed by atoms with Crippen LogP contribution in [0.25, 0.3) is 149 Å². The fourth-order valence-corrected chi connectivity index (χ4v) is 19.1. The van der Waals surface area contributed by atoms with E-state index in [0.29, 0.717) is 35.3 Å². The van der Waals surface area contributed by atoms with Gasteiger partial charge in [0.25, 0.3) is 0 Å². The van der Waals surface area contributed by atoms with Crippen molar-refractivity contribution in [2.45, 2.75) is 10.8 Å². The minimum Gasteiger partial charge on any atom is -0.280 e. The molecule has 10 heteroatoms. The lowest BCUT2D eigenvalue weighted by Crippen LogP contribution is -2.32. The molecule has 9 nitrogen and oxygen atoms in total. The van der Waals surface area contributed by atoms with Gasteiger partial charge in [-0.15, -0.1) is 11.3 Å². The first-order valence-corrected chi connectivity index (χ1v) is 36.7. The van der Waals surface area contributed by atoms with Crippen LogP contribution in [0.1, 0.15) is 44.8 Å². The highest BCUT2D eigenvalue weighted by molar-refractivity contribution is 7.26. The maximum Gasteiger partial charge on any atom is 0.240 e. The average Bonchev–Trinajstić information content (AvgIpc) is 1.51. The minimum absolute atomic E-state index is 0.514. The Morgan fingerprint density at radius 1 is 0.245 bits per heavy atom. The fourth-order valence-electron chi connectivity index (χ4n) is 17.9. The third-order valence-electron chi connectivity index (χ3n) is 22.1. The van der Waals surface area contributed by atoms with Crippen LogP contribution in [-0.2, 0) is 10.8 Å². The summed E-state index contributed by atoms with van der Waals surface area (Å²) in [6.07, 6.45) is 0. The lowest BCUT2D eigenvalue weighted by atomic mass is 9.67. The predicted molar refractivity (Wildman–Crippen MR) is 430 cm³/mol. The number of hydrogen-bond acceptors (Lipinski definition) is 7. The Balaban J connectivity index is 0.768. The van der Waals surface area contributed by atoms with Gasteiger partial charge in [-0.25, -0.2) is 4.98 Å². The molecule has 0 radical (unpaired) electrons. The molecule has 106 heavy (non-hydrogen) atoms. The molecule has 2 aliphatic rings. The highest BCUT2D eigenvalue weighted by Crippen LogP contribution is 2.63. The normalized spacial score (nSPS) is 13.2. The molecule has 2 aliphatic carbocycles. The number of aromatic nitrogens is 9. The van der Waals surface area contributed by atoms with Gasteiger partial charge in [0, 0.05) is 69.5 Å². The molecule has 0 saturated heterocycles. The lowest BCUT2D eigenvalue weighted by molar-refractivity contribution is 0.705. The van der Waals surface area contributed by atoms with Gasteiger partial charge in [-0.05, 0) is 98.1 Å². The van der Waals surface area contributed by atoms with Crippen molar-refractivity contribution in [1.29, 1.82) is 0 Å². The zero-order valence-electron chi connectivity index (χ0n) is 57.0. The lowest BCUT2D eigenvalue weighted by Gasteiger charge is -2.36. The van der Waals surface area contributed by atoms with Crippen molar-refractivity contribution >= 4 is 75.1 Å². The van der Waals surface area contributed by atoms with E-state index in [9.17, 15) is 0 Å². The van der Waals surface area contributed by atoms with Crippen molar-refractivity contribution in [3.05, 3.63) is 403 Å². The monoisotopic (exact) mass is 1370 g/mol. The summed E-state index contributed by atoms with van der Waals surface area (Å²) in [5.74, 6) is 3.33. The molecule has 0 amide bonds. The van der Waals surface area contributed by atoms with Crippen LogP contribution < -0.4 is 0 Å². The molecule has 0 fully saturated rings. The molecule has 0 N–H and O–H groups in total. The van der Waals surface area contributed by atoms with Crippen LogP contribution in [0.2, 0.25) is 0 Å². The van der Waals surface area contributed by atoms with E-state index < -0.39 is 10.8 Å². The van der Waals surface area contributed by atoms with Crippen LogP contribution in [0.4, 0.5) is 0 Å². The Kier molecular flexibility index (Phi) is 13.2. The molecule has 0 saturated carbocycles. The predicted octanol–water partition coefficient (Wildman–Crippen LogP) is 22.8. The third kappa shape index (κ3) is 8.52. The topological polar surface area (TPSA) is 92.1 Å². The first-order valence-electron chi connectivity index (χ1n) is 35.9. The van der Waals surface area contributed by atoms with Crippen LogP contribution in [0.15, 0.2) is 358 Å². The Morgan fingerprint density at radius 3 is 1.20 bits per heavy atom. The summed E-state index contributed by atoms with van der Waals surface area (Å²) in [7, 11) is 0. The van der Waals surface area contributed by atoms with Gasteiger partial charge in [0.1, 0.15) is 0 Å². The zero-order valence-corrected chi connectivity index (χ0v) is 57.8. The summed E-state index contributed by atoms with van der Waals surface area (Å²) in [6.45, 7) is 0. The van der Waals surface area contributed by atoms with Crippen LogP contribution >= 0.6 is 11.3 Å². The Bertz CT molecular complexity index is 6810. The smallest absolute Gasteiger partial charge is 0.240 e. The second-order valence-corrected chi connectivity index (χ2v) is 28.6. The van der Waals surface area contributed by atoms with Gasteiger partial charge < -0.3 is 0 Å². The molecule has 22 rings (SSSR count). The van der Waals surface area contributed by atoms with Crippen molar-refractivity contribution in [3.8, 4) is 85.4 Å². The highest BCUT2D eigenvalue weighted by Gasteiger charge is 2.53. The van der Waals surface area contributed by atoms with Gasteiger partial charge in [-0.2, -0.15) is 24.9 Å². The summed E-state index contributed by atoms with van der Waals surface area (Å²) in [5, 5.41) is 6.73. The van der Waals surface area contributed by atoms with Gasteiger partial charge in [0.05, 0.1) is 44.3 Å². The van der Waals surface area contributed by atoms with Gasteiger partial charge in [0.2, 0.25) is 17.8 Å².